The molecule has 218 valence electrons. The van der Waals surface area contributed by atoms with Crippen molar-refractivity contribution in [3.8, 4) is 5.75 Å². The summed E-state index contributed by atoms with van der Waals surface area (Å²) in [5.74, 6) is 0.866. The Morgan fingerprint density at radius 2 is 1.21 bits per heavy atom. The summed E-state index contributed by atoms with van der Waals surface area (Å²) in [6.07, 6.45) is 12.4. The highest BCUT2D eigenvalue weighted by Crippen LogP contribution is 2.32. The van der Waals surface area contributed by atoms with Crippen molar-refractivity contribution < 1.29 is 26.3 Å². The number of hydrogen-bond acceptors (Lipinski definition) is 4. The third-order valence-electron chi connectivity index (χ3n) is 6.42. The van der Waals surface area contributed by atoms with Crippen molar-refractivity contribution in [1.29, 1.82) is 0 Å². The van der Waals surface area contributed by atoms with Crippen LogP contribution in [0, 0.1) is 0 Å². The van der Waals surface area contributed by atoms with E-state index < -0.39 is 5.66 Å². The van der Waals surface area contributed by atoms with E-state index in [1.807, 2.05) is 109 Å². The first-order chi connectivity index (χ1) is 19.8. The molecule has 3 aromatic carbocycles. The summed E-state index contributed by atoms with van der Waals surface area (Å²) in [6, 6.07) is 40.2. The third-order valence-corrected chi connectivity index (χ3v) is 6.42. The molecule has 5 aromatic rings. The summed E-state index contributed by atoms with van der Waals surface area (Å²) in [6.45, 7) is 2.96. The molecule has 2 aromatic heterocycles. The second kappa shape index (κ2) is 19.4. The Hall–Kier alpha value is -3.68. The first-order valence-corrected chi connectivity index (χ1v) is 13.9. The van der Waals surface area contributed by atoms with E-state index in [0.29, 0.717) is 0 Å². The van der Waals surface area contributed by atoms with Gasteiger partial charge in [-0.3, -0.25) is 4.98 Å². The van der Waals surface area contributed by atoms with Gasteiger partial charge in [-0.15, -0.1) is 27.2 Å². The van der Waals surface area contributed by atoms with Crippen molar-refractivity contribution in [3.05, 3.63) is 157 Å². The molecule has 0 atom stereocenters. The zero-order valence-corrected chi connectivity index (χ0v) is 27.2. The topological polar surface area (TPSA) is 50.7 Å². The van der Waals surface area contributed by atoms with Crippen molar-refractivity contribution in [2.45, 2.75) is 38.3 Å². The summed E-state index contributed by atoms with van der Waals surface area (Å²) < 4.78 is 7.99. The Kier molecular flexibility index (Phi) is 16.0. The minimum atomic E-state index is -0.835. The SMILES string of the molecule is Br.CCCCCCOc1ccc(N=NC(c2ccccc2)(c2ccccc2)[n+]2ccccc2)cc1.[Br-].c1ccncc1. The maximum Gasteiger partial charge on any atom is 0.330 e. The fourth-order valence-electron chi connectivity index (χ4n) is 4.36. The lowest BCUT2D eigenvalue weighted by Gasteiger charge is -2.24. The fourth-order valence-corrected chi connectivity index (χ4v) is 4.36. The van der Waals surface area contributed by atoms with Crippen LogP contribution in [0.1, 0.15) is 43.7 Å². The molecule has 0 spiro atoms. The molecular formula is C35H38Br2N4O. The van der Waals surface area contributed by atoms with Gasteiger partial charge in [0.2, 0.25) is 0 Å². The Balaban J connectivity index is 0.000000687. The maximum absolute atomic E-state index is 5.88. The molecule has 0 saturated carbocycles. The molecule has 0 bridgehead atoms. The van der Waals surface area contributed by atoms with Gasteiger partial charge < -0.3 is 21.7 Å². The van der Waals surface area contributed by atoms with Crippen molar-refractivity contribution in [1.82, 2.24) is 4.98 Å². The van der Waals surface area contributed by atoms with Crippen LogP contribution >= 0.6 is 17.0 Å². The molecule has 0 radical (unpaired) electrons. The lowest BCUT2D eigenvalue weighted by molar-refractivity contribution is -0.744. The zero-order chi connectivity index (χ0) is 27.7. The number of azo groups is 1. The highest BCUT2D eigenvalue weighted by molar-refractivity contribution is 8.93. The molecule has 0 N–H and O–H groups in total. The van der Waals surface area contributed by atoms with Gasteiger partial charge in [0.15, 0.2) is 12.4 Å². The molecule has 2 heterocycles. The van der Waals surface area contributed by atoms with Gasteiger partial charge in [-0.05, 0) is 67.1 Å². The van der Waals surface area contributed by atoms with E-state index in [1.165, 1.54) is 19.3 Å². The van der Waals surface area contributed by atoms with Gasteiger partial charge >= 0.3 is 5.66 Å². The van der Waals surface area contributed by atoms with Crippen LogP contribution in [0.3, 0.4) is 0 Å². The van der Waals surface area contributed by atoms with Crippen LogP contribution < -0.4 is 26.3 Å². The molecular weight excluding hydrogens is 652 g/mol. The largest absolute Gasteiger partial charge is 1.00 e. The first kappa shape index (κ1) is 34.5. The van der Waals surface area contributed by atoms with E-state index in [1.54, 1.807) is 12.4 Å². The maximum atomic E-state index is 5.88. The van der Waals surface area contributed by atoms with Crippen molar-refractivity contribution >= 4 is 22.7 Å². The van der Waals surface area contributed by atoms with Crippen molar-refractivity contribution in [3.63, 3.8) is 0 Å². The van der Waals surface area contributed by atoms with E-state index >= 15 is 0 Å². The molecule has 42 heavy (non-hydrogen) atoms. The van der Waals surface area contributed by atoms with Crippen LogP contribution in [0.4, 0.5) is 5.69 Å². The summed E-state index contributed by atoms with van der Waals surface area (Å²) in [5, 5.41) is 9.73. The molecule has 0 unspecified atom stereocenters. The van der Waals surface area contributed by atoms with Crippen LogP contribution in [0.2, 0.25) is 0 Å². The quantitative estimate of drug-likeness (QED) is 0.0953. The number of nitrogens with zero attached hydrogens (tertiary/aromatic N) is 4. The number of aromatic nitrogens is 2. The van der Waals surface area contributed by atoms with Crippen LogP contribution in [0.25, 0.3) is 0 Å². The second-order valence-electron chi connectivity index (χ2n) is 9.31. The number of hydrogen-bond donors (Lipinski definition) is 0. The Morgan fingerprint density at radius 1 is 0.667 bits per heavy atom. The van der Waals surface area contributed by atoms with Crippen LogP contribution in [-0.2, 0) is 5.66 Å². The van der Waals surface area contributed by atoms with Gasteiger partial charge in [-0.2, -0.15) is 4.57 Å². The standard InChI is InChI=1S/C30H32N3O.C5H5N.2BrH/c1-2-3-4-14-25-34-29-21-19-28(20-22-29)31-32-30(26-15-8-5-9-16-26,27-17-10-6-11-18-27)33-23-12-7-13-24-33;1-2-4-6-5-3-1;;/h5-13,15-24H,2-4,14,25H2,1H3;1-5H;2*1H/q+1;;;/p-1. The number of pyridine rings is 2. The predicted octanol–water partition coefficient (Wildman–Crippen LogP) is 6.13. The van der Waals surface area contributed by atoms with Gasteiger partial charge in [0, 0.05) is 24.5 Å². The highest BCUT2D eigenvalue weighted by atomic mass is 79.9. The minimum Gasteiger partial charge on any atom is -1.00 e. The van der Waals surface area contributed by atoms with Gasteiger partial charge in [-0.25, -0.2) is 0 Å². The first-order valence-electron chi connectivity index (χ1n) is 13.9. The third kappa shape index (κ3) is 10.00. The fraction of sp³-hybridized carbons (Fsp3) is 0.200. The predicted molar refractivity (Wildman–Crippen MR) is 171 cm³/mol. The number of rotatable bonds is 11. The molecule has 7 heteroatoms. The molecule has 0 saturated heterocycles. The smallest absolute Gasteiger partial charge is 0.330 e. The van der Waals surface area contributed by atoms with Crippen LogP contribution in [0.15, 0.2) is 156 Å². The van der Waals surface area contributed by atoms with E-state index in [0.717, 1.165) is 35.6 Å². The Morgan fingerprint density at radius 3 is 1.71 bits per heavy atom. The molecule has 0 aliphatic heterocycles. The molecule has 0 amide bonds. The van der Waals surface area contributed by atoms with Gasteiger partial charge in [0.1, 0.15) is 5.75 Å². The molecule has 0 fully saturated rings. The Labute approximate surface area is 270 Å². The molecule has 0 aliphatic rings. The lowest BCUT2D eigenvalue weighted by atomic mass is 9.91. The number of benzene rings is 3. The Bertz CT molecular complexity index is 1270. The van der Waals surface area contributed by atoms with Crippen LogP contribution in [-0.4, -0.2) is 11.6 Å². The van der Waals surface area contributed by atoms with E-state index in [4.69, 9.17) is 15.0 Å². The average Bonchev–Trinajstić information content (AvgIpc) is 3.05. The van der Waals surface area contributed by atoms with E-state index in [-0.39, 0.29) is 34.0 Å². The number of unbranched alkanes of at least 4 members (excludes halogenated alkanes) is 3. The summed E-state index contributed by atoms with van der Waals surface area (Å²) in [5.41, 5.74) is 2.02. The highest BCUT2D eigenvalue weighted by Gasteiger charge is 2.44. The summed E-state index contributed by atoms with van der Waals surface area (Å²) >= 11 is 0. The number of halogens is 2. The van der Waals surface area contributed by atoms with Crippen molar-refractivity contribution in [2.24, 2.45) is 10.2 Å². The normalized spacial score (nSPS) is 10.5. The minimum absolute atomic E-state index is 0. The summed E-state index contributed by atoms with van der Waals surface area (Å²) in [4.78, 5) is 3.78. The van der Waals surface area contributed by atoms with Crippen molar-refractivity contribution in [2.75, 3.05) is 6.61 Å². The van der Waals surface area contributed by atoms with Crippen LogP contribution in [0.5, 0.6) is 5.75 Å². The summed E-state index contributed by atoms with van der Waals surface area (Å²) in [7, 11) is 0. The molecule has 5 rings (SSSR count). The zero-order valence-electron chi connectivity index (χ0n) is 23.9. The van der Waals surface area contributed by atoms with E-state index in [2.05, 4.69) is 40.7 Å². The monoisotopic (exact) mass is 688 g/mol. The molecule has 0 aliphatic carbocycles. The number of ether oxygens (including phenoxy) is 1. The van der Waals surface area contributed by atoms with Gasteiger partial charge in [0.05, 0.1) is 23.4 Å². The lowest BCUT2D eigenvalue weighted by Crippen LogP contribution is -3.00. The average molecular weight is 691 g/mol. The molecule has 5 nitrogen and oxygen atoms in total. The van der Waals surface area contributed by atoms with E-state index in [9.17, 15) is 0 Å². The second-order valence-corrected chi connectivity index (χ2v) is 9.31. The van der Waals surface area contributed by atoms with Gasteiger partial charge in [0.25, 0.3) is 0 Å². The van der Waals surface area contributed by atoms with Gasteiger partial charge in [-0.1, -0.05) is 74.7 Å².